The van der Waals surface area contributed by atoms with E-state index in [2.05, 4.69) is 20.1 Å². The number of likely N-dealkylation sites (N-methyl/N-ethyl adjacent to an activating group) is 1. The number of H-pyrrole nitrogens is 1. The minimum atomic E-state index is -3.74. The lowest BCUT2D eigenvalue weighted by molar-refractivity contribution is 0.222. The van der Waals surface area contributed by atoms with Gasteiger partial charge in [-0.3, -0.25) is 9.48 Å². The number of aromatic nitrogens is 5. The van der Waals surface area contributed by atoms with Crippen LogP contribution in [-0.4, -0.2) is 82.4 Å². The zero-order valence-corrected chi connectivity index (χ0v) is 22.9. The predicted octanol–water partition coefficient (Wildman–Crippen LogP) is 2.08. The Balaban J connectivity index is 1.60. The molecule has 0 bridgehead atoms. The molecule has 4 aromatic rings. The summed E-state index contributed by atoms with van der Waals surface area (Å²) >= 11 is 0. The molecule has 5 rings (SSSR count). The van der Waals surface area contributed by atoms with Gasteiger partial charge in [-0.25, -0.2) is 13.4 Å². The fourth-order valence-corrected chi connectivity index (χ4v) is 6.12. The molecule has 0 saturated carbocycles. The fraction of sp³-hybridized carbons (Fsp3) is 0.440. The van der Waals surface area contributed by atoms with Crippen LogP contribution >= 0.6 is 0 Å². The lowest BCUT2D eigenvalue weighted by Crippen LogP contribution is -2.47. The molecule has 1 aliphatic heterocycles. The number of fused-ring (bicyclic) bond motifs is 1. The lowest BCUT2D eigenvalue weighted by atomic mass is 10.1. The van der Waals surface area contributed by atoms with Crippen molar-refractivity contribution in [1.82, 2.24) is 34.1 Å². The minimum Gasteiger partial charge on any atom is -0.493 e. The van der Waals surface area contributed by atoms with E-state index in [-0.39, 0.29) is 10.7 Å². The zero-order valence-electron chi connectivity index (χ0n) is 22.1. The largest absolute Gasteiger partial charge is 0.493 e. The number of rotatable bonds is 7. The molecule has 38 heavy (non-hydrogen) atoms. The van der Waals surface area contributed by atoms with Crippen molar-refractivity contribution in [3.63, 3.8) is 0 Å². The van der Waals surface area contributed by atoms with Crippen molar-refractivity contribution in [1.29, 1.82) is 0 Å². The second-order valence-corrected chi connectivity index (χ2v) is 11.4. The highest BCUT2D eigenvalue weighted by Crippen LogP contribution is 2.32. The Labute approximate surface area is 220 Å². The van der Waals surface area contributed by atoms with E-state index in [9.17, 15) is 13.2 Å². The molecule has 0 unspecified atom stereocenters. The summed E-state index contributed by atoms with van der Waals surface area (Å²) < 4.78 is 41.0. The third kappa shape index (κ3) is 4.61. The Morgan fingerprint density at radius 1 is 1.11 bits per heavy atom. The molecule has 1 fully saturated rings. The summed E-state index contributed by atoms with van der Waals surface area (Å²) in [5.74, 6) is 1.29. The number of nitrogens with zero attached hydrogens (tertiary/aromatic N) is 6. The third-order valence-electron chi connectivity index (χ3n) is 6.86. The Hall–Kier alpha value is -3.55. The highest BCUT2D eigenvalue weighted by atomic mass is 32.2. The van der Waals surface area contributed by atoms with Gasteiger partial charge in [-0.2, -0.15) is 9.40 Å². The summed E-state index contributed by atoms with van der Waals surface area (Å²) in [6.07, 6.45) is 0. The predicted molar refractivity (Wildman–Crippen MR) is 141 cm³/mol. The Kier molecular flexibility index (Phi) is 6.84. The minimum absolute atomic E-state index is 0.120. The van der Waals surface area contributed by atoms with Crippen LogP contribution in [0.1, 0.15) is 29.6 Å². The van der Waals surface area contributed by atoms with Gasteiger partial charge in [0.05, 0.1) is 35.0 Å². The van der Waals surface area contributed by atoms with E-state index in [0.29, 0.717) is 73.1 Å². The molecule has 1 aromatic carbocycles. The molecule has 1 saturated heterocycles. The van der Waals surface area contributed by atoms with Crippen molar-refractivity contribution in [2.24, 2.45) is 0 Å². The summed E-state index contributed by atoms with van der Waals surface area (Å²) in [7, 11) is -1.77. The van der Waals surface area contributed by atoms with Crippen LogP contribution < -0.4 is 10.3 Å². The summed E-state index contributed by atoms with van der Waals surface area (Å²) in [6, 6.07) is 4.66. The SMILES string of the molecule is CCOc1ccc(S(=O)(=O)N2CCN(C)CC2)cc1-c1nc2c(C)nn(Cc3c(C)noc3C)c2c(=O)[nH]1. The van der Waals surface area contributed by atoms with Crippen molar-refractivity contribution in [2.45, 2.75) is 39.1 Å². The Bertz CT molecular complexity index is 1640. The number of benzene rings is 1. The molecule has 0 atom stereocenters. The van der Waals surface area contributed by atoms with Gasteiger partial charge in [0.25, 0.3) is 5.56 Å². The number of sulfonamides is 1. The first-order valence-electron chi connectivity index (χ1n) is 12.4. The van der Waals surface area contributed by atoms with Crippen molar-refractivity contribution in [2.75, 3.05) is 39.8 Å². The molecule has 0 amide bonds. The summed E-state index contributed by atoms with van der Waals surface area (Å²) in [5, 5.41) is 8.53. The number of hydrogen-bond acceptors (Lipinski definition) is 9. The third-order valence-corrected chi connectivity index (χ3v) is 8.76. The van der Waals surface area contributed by atoms with E-state index in [1.54, 1.807) is 17.7 Å². The number of aromatic amines is 1. The average Bonchev–Trinajstić information content (AvgIpc) is 3.38. The van der Waals surface area contributed by atoms with Crippen molar-refractivity contribution >= 4 is 21.1 Å². The Morgan fingerprint density at radius 3 is 2.50 bits per heavy atom. The van der Waals surface area contributed by atoms with E-state index in [4.69, 9.17) is 14.2 Å². The monoisotopic (exact) mass is 541 g/mol. The van der Waals surface area contributed by atoms with Crippen LogP contribution in [0.2, 0.25) is 0 Å². The quantitative estimate of drug-likeness (QED) is 0.372. The van der Waals surface area contributed by atoms with Crippen LogP contribution in [0.4, 0.5) is 0 Å². The molecule has 1 N–H and O–H groups in total. The van der Waals surface area contributed by atoms with E-state index < -0.39 is 15.6 Å². The van der Waals surface area contributed by atoms with Crippen molar-refractivity contribution in [3.05, 3.63) is 51.3 Å². The first-order chi connectivity index (χ1) is 18.1. The summed E-state index contributed by atoms with van der Waals surface area (Å²) in [4.78, 5) is 23.1. The zero-order chi connectivity index (χ0) is 27.2. The molecule has 1 aliphatic rings. The van der Waals surface area contributed by atoms with Crippen LogP contribution in [0.5, 0.6) is 5.75 Å². The molecule has 202 valence electrons. The van der Waals surface area contributed by atoms with Gasteiger partial charge in [0.15, 0.2) is 5.52 Å². The Morgan fingerprint density at radius 2 is 1.84 bits per heavy atom. The molecule has 0 aliphatic carbocycles. The van der Waals surface area contributed by atoms with Gasteiger partial charge < -0.3 is 19.1 Å². The van der Waals surface area contributed by atoms with Crippen LogP contribution in [0.15, 0.2) is 32.4 Å². The van der Waals surface area contributed by atoms with E-state index in [1.165, 1.54) is 16.4 Å². The maximum Gasteiger partial charge on any atom is 0.277 e. The smallest absolute Gasteiger partial charge is 0.277 e. The topological polar surface area (TPSA) is 139 Å². The average molecular weight is 542 g/mol. The van der Waals surface area contributed by atoms with Crippen molar-refractivity contribution in [3.8, 4) is 17.1 Å². The molecule has 0 spiro atoms. The number of nitrogens with one attached hydrogen (secondary N) is 1. The van der Waals surface area contributed by atoms with Gasteiger partial charge in [0.1, 0.15) is 22.9 Å². The number of ether oxygens (including phenoxy) is 1. The van der Waals surface area contributed by atoms with Gasteiger partial charge in [0, 0.05) is 31.7 Å². The molecular formula is C25H31N7O5S. The van der Waals surface area contributed by atoms with Gasteiger partial charge in [-0.15, -0.1) is 0 Å². The summed E-state index contributed by atoms with van der Waals surface area (Å²) in [6.45, 7) is 10.1. The van der Waals surface area contributed by atoms with E-state index in [1.807, 2.05) is 27.8 Å². The highest BCUT2D eigenvalue weighted by molar-refractivity contribution is 7.89. The van der Waals surface area contributed by atoms with Crippen LogP contribution in [0, 0.1) is 20.8 Å². The summed E-state index contributed by atoms with van der Waals surface area (Å²) in [5.41, 5.74) is 2.86. The van der Waals surface area contributed by atoms with Gasteiger partial charge >= 0.3 is 0 Å². The molecule has 3 aromatic heterocycles. The van der Waals surface area contributed by atoms with Gasteiger partial charge in [-0.1, -0.05) is 5.16 Å². The highest BCUT2D eigenvalue weighted by Gasteiger charge is 2.29. The number of piperazine rings is 1. The molecule has 12 nitrogen and oxygen atoms in total. The molecule has 4 heterocycles. The maximum absolute atomic E-state index is 13.4. The van der Waals surface area contributed by atoms with Crippen LogP contribution in [-0.2, 0) is 16.6 Å². The van der Waals surface area contributed by atoms with Crippen LogP contribution in [0.25, 0.3) is 22.4 Å². The van der Waals surface area contributed by atoms with E-state index >= 15 is 0 Å². The normalized spacial score (nSPS) is 15.4. The standard InChI is InChI=1S/C25H31N7O5S/c1-6-36-21-8-7-18(38(34,35)31-11-9-30(5)10-12-31)13-19(21)24-26-22-16(3)28-32(23(22)25(33)27-24)14-20-15(2)29-37-17(20)4/h7-8,13H,6,9-12,14H2,1-5H3,(H,26,27,33). The fourth-order valence-electron chi connectivity index (χ4n) is 4.67. The second kappa shape index (κ2) is 9.97. The van der Waals surface area contributed by atoms with Gasteiger partial charge in [-0.05, 0) is 52.9 Å². The van der Waals surface area contributed by atoms with Crippen molar-refractivity contribution < 1.29 is 17.7 Å². The molecule has 0 radical (unpaired) electrons. The van der Waals surface area contributed by atoms with Crippen LogP contribution in [0.3, 0.4) is 0 Å². The second-order valence-electron chi connectivity index (χ2n) is 9.46. The van der Waals surface area contributed by atoms with E-state index in [0.717, 1.165) is 11.3 Å². The maximum atomic E-state index is 13.4. The number of aryl methyl sites for hydroxylation is 3. The number of hydrogen-bond donors (Lipinski definition) is 1. The molecular weight excluding hydrogens is 510 g/mol. The lowest BCUT2D eigenvalue weighted by Gasteiger charge is -2.31. The van der Waals surface area contributed by atoms with Gasteiger partial charge in [0.2, 0.25) is 10.0 Å². The first kappa shape index (κ1) is 26.1. The first-order valence-corrected chi connectivity index (χ1v) is 13.9. The molecule has 13 heteroatoms.